The molecule has 0 fully saturated rings. The quantitative estimate of drug-likeness (QED) is 0.873. The first kappa shape index (κ1) is 16.0. The van der Waals surface area contributed by atoms with E-state index in [-0.39, 0.29) is 18.0 Å². The van der Waals surface area contributed by atoms with Gasteiger partial charge in [-0.25, -0.2) is 9.59 Å². The number of amides is 2. The molecule has 0 aliphatic rings. The van der Waals surface area contributed by atoms with Gasteiger partial charge in [0.15, 0.2) is 0 Å². The van der Waals surface area contributed by atoms with Gasteiger partial charge in [-0.05, 0) is 26.3 Å². The Hall–Kier alpha value is -2.07. The lowest BCUT2D eigenvalue weighted by molar-refractivity contribution is 0.0697. The predicted molar refractivity (Wildman–Crippen MR) is 77.2 cm³/mol. The minimum atomic E-state index is -1.05. The van der Waals surface area contributed by atoms with Crippen molar-refractivity contribution in [1.29, 1.82) is 5.26 Å². The molecule has 1 rings (SSSR count). The largest absolute Gasteiger partial charge is 0.478 e. The van der Waals surface area contributed by atoms with Crippen LogP contribution in [0.5, 0.6) is 0 Å². The molecule has 2 N–H and O–H groups in total. The van der Waals surface area contributed by atoms with Gasteiger partial charge in [0, 0.05) is 18.0 Å². The summed E-state index contributed by atoms with van der Waals surface area (Å²) in [4.78, 5) is 25.6. The predicted octanol–water partition coefficient (Wildman–Crippen LogP) is 2.83. The number of carboxylic acids is 1. The molecule has 1 aromatic heterocycles. The number of nitriles is 1. The second-order valence-corrected chi connectivity index (χ2v) is 5.44. The molecule has 1 aromatic rings. The highest BCUT2D eigenvalue weighted by Crippen LogP contribution is 2.32. The summed E-state index contributed by atoms with van der Waals surface area (Å²) in [5.41, 5.74) is 0.801. The summed E-state index contributed by atoms with van der Waals surface area (Å²) in [6.07, 6.45) is 0.246. The van der Waals surface area contributed by atoms with Crippen LogP contribution in [0.1, 0.15) is 34.1 Å². The summed E-state index contributed by atoms with van der Waals surface area (Å²) in [6, 6.07) is 1.60. The topological polar surface area (TPSA) is 93.4 Å². The van der Waals surface area contributed by atoms with Crippen molar-refractivity contribution in [2.75, 3.05) is 18.4 Å². The number of hydrogen-bond donors (Lipinski definition) is 2. The Balaban J connectivity index is 2.93. The number of carboxylic acid groups (broad SMARTS) is 1. The van der Waals surface area contributed by atoms with Gasteiger partial charge < -0.3 is 10.0 Å². The molecule has 0 aliphatic carbocycles. The van der Waals surface area contributed by atoms with E-state index in [4.69, 9.17) is 5.26 Å². The van der Waals surface area contributed by atoms with Gasteiger partial charge in [0.1, 0.15) is 5.00 Å². The minimum absolute atomic E-state index is 0.136. The van der Waals surface area contributed by atoms with E-state index in [0.717, 1.165) is 4.88 Å². The van der Waals surface area contributed by atoms with E-state index in [1.54, 1.807) is 13.8 Å². The van der Waals surface area contributed by atoms with Gasteiger partial charge >= 0.3 is 12.0 Å². The number of thiophene rings is 1. The molecule has 0 saturated carbocycles. The standard InChI is InChI=1S/C13H17N3O3S/c1-4-16(7-5-6-14)13(19)15-11-10(12(17)18)8(2)9(3)20-11/h4-5,7H2,1-3H3,(H,15,19)(H,17,18). The van der Waals surface area contributed by atoms with Gasteiger partial charge in [0.05, 0.1) is 18.1 Å². The van der Waals surface area contributed by atoms with Crippen molar-refractivity contribution in [3.05, 3.63) is 16.0 Å². The third kappa shape index (κ3) is 3.48. The van der Waals surface area contributed by atoms with E-state index in [2.05, 4.69) is 5.32 Å². The van der Waals surface area contributed by atoms with Crippen LogP contribution in [-0.2, 0) is 0 Å². The number of anilines is 1. The number of rotatable bonds is 5. The molecule has 7 heteroatoms. The summed E-state index contributed by atoms with van der Waals surface area (Å²) in [5.74, 6) is -1.05. The highest BCUT2D eigenvalue weighted by Gasteiger charge is 2.21. The van der Waals surface area contributed by atoms with E-state index in [0.29, 0.717) is 23.7 Å². The van der Waals surface area contributed by atoms with Gasteiger partial charge in [-0.3, -0.25) is 5.32 Å². The van der Waals surface area contributed by atoms with E-state index >= 15 is 0 Å². The third-order valence-corrected chi connectivity index (χ3v) is 4.10. The molecule has 0 radical (unpaired) electrons. The van der Waals surface area contributed by atoms with Crippen LogP contribution in [0, 0.1) is 25.2 Å². The Morgan fingerprint density at radius 1 is 1.45 bits per heavy atom. The van der Waals surface area contributed by atoms with Crippen molar-refractivity contribution in [2.45, 2.75) is 27.2 Å². The zero-order chi connectivity index (χ0) is 15.3. The van der Waals surface area contributed by atoms with Crippen LogP contribution < -0.4 is 5.32 Å². The van der Waals surface area contributed by atoms with Crippen molar-refractivity contribution in [3.63, 3.8) is 0 Å². The molecule has 20 heavy (non-hydrogen) atoms. The van der Waals surface area contributed by atoms with Gasteiger partial charge in [-0.2, -0.15) is 5.26 Å². The van der Waals surface area contributed by atoms with Crippen LogP contribution in [0.2, 0.25) is 0 Å². The lowest BCUT2D eigenvalue weighted by atomic mass is 10.1. The molecular weight excluding hydrogens is 278 g/mol. The molecule has 2 amide bonds. The molecule has 0 aliphatic heterocycles. The maximum Gasteiger partial charge on any atom is 0.338 e. The molecule has 0 aromatic carbocycles. The second-order valence-electron chi connectivity index (χ2n) is 4.21. The van der Waals surface area contributed by atoms with Crippen molar-refractivity contribution >= 4 is 28.3 Å². The number of nitrogens with zero attached hydrogens (tertiary/aromatic N) is 2. The third-order valence-electron chi connectivity index (χ3n) is 2.98. The first-order valence-electron chi connectivity index (χ1n) is 6.18. The zero-order valence-electron chi connectivity index (χ0n) is 11.7. The Bertz CT molecular complexity index is 560. The maximum absolute atomic E-state index is 12.1. The van der Waals surface area contributed by atoms with Crippen molar-refractivity contribution in [2.24, 2.45) is 0 Å². The number of nitrogens with one attached hydrogen (secondary N) is 1. The first-order chi connectivity index (χ1) is 9.42. The average molecular weight is 295 g/mol. The van der Waals surface area contributed by atoms with Crippen molar-refractivity contribution in [1.82, 2.24) is 4.90 Å². The van der Waals surface area contributed by atoms with Gasteiger partial charge in [0.25, 0.3) is 0 Å². The van der Waals surface area contributed by atoms with E-state index in [1.807, 2.05) is 13.0 Å². The van der Waals surface area contributed by atoms with Gasteiger partial charge in [0.2, 0.25) is 0 Å². The molecular formula is C13H17N3O3S. The van der Waals surface area contributed by atoms with Gasteiger partial charge in [-0.1, -0.05) is 0 Å². The molecule has 0 unspecified atom stereocenters. The number of aryl methyl sites for hydroxylation is 1. The summed E-state index contributed by atoms with van der Waals surface area (Å²) < 4.78 is 0. The highest BCUT2D eigenvalue weighted by atomic mass is 32.1. The fourth-order valence-electron chi connectivity index (χ4n) is 1.74. The zero-order valence-corrected chi connectivity index (χ0v) is 12.5. The number of urea groups is 1. The molecule has 0 bridgehead atoms. The summed E-state index contributed by atoms with van der Waals surface area (Å²) in [5, 5.41) is 20.7. The smallest absolute Gasteiger partial charge is 0.338 e. The number of hydrogen-bond acceptors (Lipinski definition) is 4. The first-order valence-corrected chi connectivity index (χ1v) is 7.00. The number of carbonyl (C=O) groups is 2. The number of aromatic carboxylic acids is 1. The van der Waals surface area contributed by atoms with Crippen LogP contribution in [0.4, 0.5) is 9.80 Å². The maximum atomic E-state index is 12.1. The summed E-state index contributed by atoms with van der Waals surface area (Å²) in [7, 11) is 0. The van der Waals surface area contributed by atoms with E-state index in [1.165, 1.54) is 16.2 Å². The van der Waals surface area contributed by atoms with Gasteiger partial charge in [-0.15, -0.1) is 11.3 Å². The lowest BCUT2D eigenvalue weighted by Gasteiger charge is -2.19. The normalized spacial score (nSPS) is 9.90. The van der Waals surface area contributed by atoms with E-state index in [9.17, 15) is 14.7 Å². The minimum Gasteiger partial charge on any atom is -0.478 e. The molecule has 6 nitrogen and oxygen atoms in total. The molecule has 108 valence electrons. The molecule has 1 heterocycles. The van der Waals surface area contributed by atoms with Crippen LogP contribution in [-0.4, -0.2) is 35.1 Å². The fraction of sp³-hybridized carbons (Fsp3) is 0.462. The molecule has 0 saturated heterocycles. The Kier molecular flexibility index (Phi) is 5.53. The second kappa shape index (κ2) is 6.91. The lowest BCUT2D eigenvalue weighted by Crippen LogP contribution is -2.35. The van der Waals surface area contributed by atoms with E-state index < -0.39 is 5.97 Å². The van der Waals surface area contributed by atoms with Crippen LogP contribution in [0.3, 0.4) is 0 Å². The van der Waals surface area contributed by atoms with Crippen LogP contribution in [0.25, 0.3) is 0 Å². The van der Waals surface area contributed by atoms with Crippen LogP contribution >= 0.6 is 11.3 Å². The Labute approximate surface area is 121 Å². The Morgan fingerprint density at radius 3 is 2.60 bits per heavy atom. The monoisotopic (exact) mass is 295 g/mol. The highest BCUT2D eigenvalue weighted by molar-refractivity contribution is 7.16. The average Bonchev–Trinajstić information content (AvgIpc) is 2.65. The number of carbonyl (C=O) groups excluding carboxylic acids is 1. The molecule has 0 atom stereocenters. The molecule has 0 spiro atoms. The summed E-state index contributed by atoms with van der Waals surface area (Å²) in [6.45, 7) is 6.12. The SMILES string of the molecule is CCN(CCC#N)C(=O)Nc1sc(C)c(C)c1C(=O)O. The summed E-state index contributed by atoms with van der Waals surface area (Å²) >= 11 is 1.24. The Morgan fingerprint density at radius 2 is 2.10 bits per heavy atom. The van der Waals surface area contributed by atoms with Crippen molar-refractivity contribution in [3.8, 4) is 6.07 Å². The van der Waals surface area contributed by atoms with Crippen LogP contribution in [0.15, 0.2) is 0 Å². The van der Waals surface area contributed by atoms with Crippen molar-refractivity contribution < 1.29 is 14.7 Å². The fourth-order valence-corrected chi connectivity index (χ4v) is 2.78.